The van der Waals surface area contributed by atoms with Crippen molar-refractivity contribution >= 4 is 17.9 Å². The maximum absolute atomic E-state index is 12.6. The number of esters is 1. The zero-order chi connectivity index (χ0) is 30.3. The van der Waals surface area contributed by atoms with Gasteiger partial charge in [0.15, 0.2) is 6.29 Å². The number of allylic oxidation sites excluding steroid dienone is 4. The molecule has 0 aliphatic carbocycles. The summed E-state index contributed by atoms with van der Waals surface area (Å²) in [5.74, 6) is -4.43. The van der Waals surface area contributed by atoms with Gasteiger partial charge in [-0.15, -0.1) is 12.7 Å². The maximum atomic E-state index is 12.6. The Hall–Kier alpha value is -3.50. The smallest absolute Gasteiger partial charge is 0.337 e. The Labute approximate surface area is 235 Å². The summed E-state index contributed by atoms with van der Waals surface area (Å²) in [6.45, 7) is 4.94. The summed E-state index contributed by atoms with van der Waals surface area (Å²) in [5.41, 5.74) is 0.552. The highest BCUT2D eigenvalue weighted by Crippen LogP contribution is 2.36. The molecule has 9 atom stereocenters. The molecule has 41 heavy (non-hydrogen) atoms. The topological polar surface area (TPSA) is 214 Å². The standard InChI is InChI=1S/C27H35NO13/c1-3-16-17(7-6-14-9-15(24(35)36)11-28(10-14)8-4-5-20(30)31)18(25(37)38-2)13-39-26(16)41-27-23(34)22(33)21(32)19(12-29)40-27/h3,6-7,9-11,13,16-17,19,21-23,26-29,32-34H,1,4-5,8,12H2,2H3,(H,30,31)(H,35,36)/b7-6+/t16-,17-,19+,21+,22-,23+,26+,27-/m0/s1. The first-order chi connectivity index (χ1) is 19.5. The monoisotopic (exact) mass is 581 g/mol. The molecule has 226 valence electrons. The lowest BCUT2D eigenvalue weighted by atomic mass is 9.83. The first-order valence-electron chi connectivity index (χ1n) is 12.8. The highest BCUT2D eigenvalue weighted by Gasteiger charge is 2.47. The van der Waals surface area contributed by atoms with Crippen LogP contribution in [0.2, 0.25) is 0 Å². The number of aliphatic hydroxyl groups excluding tert-OH is 4. The third kappa shape index (κ3) is 7.83. The lowest BCUT2D eigenvalue weighted by molar-refractivity contribution is -0.811. The Morgan fingerprint density at radius 2 is 1.88 bits per heavy atom. The third-order valence-corrected chi connectivity index (χ3v) is 6.84. The van der Waals surface area contributed by atoms with Gasteiger partial charge in [-0.05, 0) is 5.57 Å². The molecule has 0 radical (unpaired) electrons. The minimum Gasteiger partial charge on any atom is -0.535 e. The number of carboxylic acids is 2. The van der Waals surface area contributed by atoms with Crippen LogP contribution in [-0.4, -0.2) is 106 Å². The van der Waals surface area contributed by atoms with Crippen LogP contribution in [0.25, 0.3) is 0 Å². The Morgan fingerprint density at radius 1 is 1.15 bits per heavy atom. The van der Waals surface area contributed by atoms with E-state index in [0.717, 1.165) is 6.26 Å². The minimum absolute atomic E-state index is 0.00251. The number of ether oxygens (including phenoxy) is 4. The summed E-state index contributed by atoms with van der Waals surface area (Å²) >= 11 is 0. The molecular formula is C27H35NO13. The molecule has 3 heterocycles. The molecule has 7 N–H and O–H groups in total. The van der Waals surface area contributed by atoms with Gasteiger partial charge in [-0.25, -0.2) is 4.79 Å². The maximum Gasteiger partial charge on any atom is 0.337 e. The second kappa shape index (κ2) is 14.4. The number of carbonyl (C=O) groups is 3. The number of carbonyl (C=O) groups excluding carboxylic acids is 1. The minimum atomic E-state index is -1.69. The first-order valence-corrected chi connectivity index (χ1v) is 12.8. The van der Waals surface area contributed by atoms with E-state index in [1.807, 2.05) is 0 Å². The van der Waals surface area contributed by atoms with Gasteiger partial charge in [0, 0.05) is 18.9 Å². The van der Waals surface area contributed by atoms with Crippen LogP contribution < -0.4 is 4.90 Å². The third-order valence-electron chi connectivity index (χ3n) is 6.84. The Balaban J connectivity index is 1.88. The van der Waals surface area contributed by atoms with Gasteiger partial charge in [0.05, 0.1) is 50.6 Å². The van der Waals surface area contributed by atoms with Crippen molar-refractivity contribution in [2.24, 2.45) is 11.8 Å². The molecule has 0 amide bonds. The molecule has 0 aromatic rings. The second-order valence-corrected chi connectivity index (χ2v) is 9.62. The predicted octanol–water partition coefficient (Wildman–Crippen LogP) is -1.99. The Morgan fingerprint density at radius 3 is 2.49 bits per heavy atom. The molecule has 1 unspecified atom stereocenters. The van der Waals surface area contributed by atoms with E-state index in [0.29, 0.717) is 23.4 Å². The molecule has 0 aromatic carbocycles. The molecular weight excluding hydrogens is 546 g/mol. The molecule has 1 saturated heterocycles. The molecule has 14 nitrogen and oxygen atoms in total. The van der Waals surface area contributed by atoms with Crippen LogP contribution in [0.15, 0.2) is 60.1 Å². The van der Waals surface area contributed by atoms with Gasteiger partial charge in [0.2, 0.25) is 12.3 Å². The lowest BCUT2D eigenvalue weighted by Gasteiger charge is -2.42. The largest absolute Gasteiger partial charge is 0.535 e. The molecule has 3 rings (SSSR count). The molecule has 1 fully saturated rings. The van der Waals surface area contributed by atoms with E-state index in [2.05, 4.69) is 6.58 Å². The predicted molar refractivity (Wildman–Crippen MR) is 137 cm³/mol. The van der Waals surface area contributed by atoms with Crippen LogP contribution in [0.4, 0.5) is 0 Å². The fourth-order valence-corrected chi connectivity index (χ4v) is 4.65. The highest BCUT2D eigenvalue weighted by atomic mass is 16.8. The highest BCUT2D eigenvalue weighted by molar-refractivity contribution is 5.90. The first kappa shape index (κ1) is 32.0. The van der Waals surface area contributed by atoms with Crippen LogP contribution >= 0.6 is 0 Å². The van der Waals surface area contributed by atoms with Crippen molar-refractivity contribution in [1.82, 2.24) is 0 Å². The number of rotatable bonds is 12. The fourth-order valence-electron chi connectivity index (χ4n) is 4.65. The normalized spacial score (nSPS) is 33.5. The summed E-state index contributed by atoms with van der Waals surface area (Å²) in [6, 6.07) is 0. The number of aliphatic hydroxyl groups is 4. The summed E-state index contributed by atoms with van der Waals surface area (Å²) in [7, 11) is 1.18. The van der Waals surface area contributed by atoms with Gasteiger partial charge in [-0.1, -0.05) is 23.8 Å². The van der Waals surface area contributed by atoms with Crippen molar-refractivity contribution in [1.29, 1.82) is 0 Å². The number of hydrogen-bond acceptors (Lipinski definition) is 11. The zero-order valence-electron chi connectivity index (χ0n) is 22.2. The van der Waals surface area contributed by atoms with E-state index in [1.165, 1.54) is 25.8 Å². The van der Waals surface area contributed by atoms with Crippen molar-refractivity contribution in [2.45, 2.75) is 49.8 Å². The van der Waals surface area contributed by atoms with Gasteiger partial charge in [0.25, 0.3) is 0 Å². The summed E-state index contributed by atoms with van der Waals surface area (Å²) in [4.78, 5) is 35.8. The SMILES string of the molecule is C=C[C@@H]1[C@@H](O[C@@H]2O[C@H](CO)[C@@H](O)[C@H](O)[C@H]2O)OC=C(C(=O)OC)[C@H]1/C=C/C1=C[NH+](CCCC(=O)O)[CH-]C(C(=O)O)=C1. The van der Waals surface area contributed by atoms with Crippen LogP contribution in [0.5, 0.6) is 0 Å². The van der Waals surface area contributed by atoms with E-state index < -0.39 is 73.3 Å². The van der Waals surface area contributed by atoms with Gasteiger partial charge < -0.3 is 59.3 Å². The van der Waals surface area contributed by atoms with E-state index in [4.69, 9.17) is 24.1 Å². The van der Waals surface area contributed by atoms with Crippen molar-refractivity contribution in [3.05, 3.63) is 66.6 Å². The summed E-state index contributed by atoms with van der Waals surface area (Å²) < 4.78 is 21.7. The van der Waals surface area contributed by atoms with Crippen molar-refractivity contribution in [3.8, 4) is 0 Å². The van der Waals surface area contributed by atoms with Crippen molar-refractivity contribution in [2.75, 3.05) is 20.3 Å². The van der Waals surface area contributed by atoms with Gasteiger partial charge in [-0.3, -0.25) is 4.79 Å². The average Bonchev–Trinajstić information content (AvgIpc) is 2.95. The number of methoxy groups -OCH3 is 1. The molecule has 0 aromatic heterocycles. The number of nitrogens with one attached hydrogen (secondary N) is 1. The second-order valence-electron chi connectivity index (χ2n) is 9.62. The van der Waals surface area contributed by atoms with Crippen molar-refractivity contribution in [3.63, 3.8) is 0 Å². The lowest BCUT2D eigenvalue weighted by Crippen LogP contribution is -3.05. The zero-order valence-corrected chi connectivity index (χ0v) is 22.2. The average molecular weight is 582 g/mol. The number of hydrogen-bond donors (Lipinski definition) is 7. The van der Waals surface area contributed by atoms with Crippen LogP contribution in [-0.2, 0) is 33.3 Å². The Bertz CT molecular complexity index is 1110. The fraction of sp³-hybridized carbons (Fsp3) is 0.481. The molecule has 14 heteroatoms. The van der Waals surface area contributed by atoms with E-state index in [1.54, 1.807) is 18.4 Å². The van der Waals surface area contributed by atoms with E-state index in [9.17, 15) is 39.9 Å². The summed E-state index contributed by atoms with van der Waals surface area (Å²) in [6.07, 6.45) is 0.185. The Kier molecular flexibility index (Phi) is 11.3. The molecule has 3 aliphatic rings. The van der Waals surface area contributed by atoms with E-state index in [-0.39, 0.29) is 17.6 Å². The number of carboxylic acid groups (broad SMARTS) is 2. The van der Waals surface area contributed by atoms with Gasteiger partial charge in [-0.2, -0.15) is 0 Å². The number of quaternary nitrogens is 1. The van der Waals surface area contributed by atoms with Gasteiger partial charge in [0.1, 0.15) is 24.4 Å². The van der Waals surface area contributed by atoms with Crippen LogP contribution in [0, 0.1) is 18.4 Å². The quantitative estimate of drug-likeness (QED) is 0.0756. The molecule has 3 aliphatic heterocycles. The van der Waals surface area contributed by atoms with Crippen LogP contribution in [0.1, 0.15) is 12.8 Å². The van der Waals surface area contributed by atoms with Crippen LogP contribution in [0.3, 0.4) is 0 Å². The molecule has 0 bridgehead atoms. The molecule has 0 saturated carbocycles. The van der Waals surface area contributed by atoms with Crippen molar-refractivity contribution < 1.29 is 68.9 Å². The number of aliphatic carboxylic acids is 2. The van der Waals surface area contributed by atoms with E-state index >= 15 is 0 Å². The van der Waals surface area contributed by atoms with Gasteiger partial charge >= 0.3 is 11.9 Å². The molecule has 0 spiro atoms. The summed E-state index contributed by atoms with van der Waals surface area (Å²) in [5, 5.41) is 58.5.